The van der Waals surface area contributed by atoms with Gasteiger partial charge in [0.05, 0.1) is 16.2 Å². The van der Waals surface area contributed by atoms with Crippen molar-refractivity contribution >= 4 is 11.7 Å². The fraction of sp³-hybridized carbons (Fsp3) is 0.111. The lowest BCUT2D eigenvalue weighted by molar-refractivity contribution is -0.384. The lowest BCUT2D eigenvalue weighted by atomic mass is 10.2. The maximum absolute atomic E-state index is 12.1. The van der Waals surface area contributed by atoms with E-state index in [0.29, 0.717) is 16.8 Å². The summed E-state index contributed by atoms with van der Waals surface area (Å²) in [6.07, 6.45) is 1.61. The lowest BCUT2D eigenvalue weighted by Gasteiger charge is -2.07. The third kappa shape index (κ3) is 3.54. The molecule has 0 spiro atoms. The van der Waals surface area contributed by atoms with Crippen molar-refractivity contribution in [2.75, 3.05) is 0 Å². The highest BCUT2D eigenvalue weighted by molar-refractivity contribution is 5.89. The molecule has 0 unspecified atom stereocenters. The zero-order valence-corrected chi connectivity index (χ0v) is 13.8. The number of nitrogens with one attached hydrogen (secondary N) is 1. The number of aromatic amines is 1. The Morgan fingerprint density at radius 3 is 2.35 bits per heavy atom. The summed E-state index contributed by atoms with van der Waals surface area (Å²) >= 11 is 0. The van der Waals surface area contributed by atoms with E-state index in [1.807, 2.05) is 0 Å². The minimum absolute atomic E-state index is 0.00888. The fourth-order valence-corrected chi connectivity index (χ4v) is 2.47. The van der Waals surface area contributed by atoms with E-state index in [-0.39, 0.29) is 18.0 Å². The van der Waals surface area contributed by atoms with Crippen molar-refractivity contribution in [1.82, 2.24) is 9.55 Å². The average molecular weight is 353 g/mol. The van der Waals surface area contributed by atoms with Crippen LogP contribution >= 0.6 is 0 Å². The van der Waals surface area contributed by atoms with Crippen LogP contribution in [0.3, 0.4) is 0 Å². The molecule has 0 amide bonds. The van der Waals surface area contributed by atoms with Gasteiger partial charge in [-0.25, -0.2) is 9.59 Å². The maximum atomic E-state index is 12.1. The number of rotatable bonds is 5. The molecule has 3 aromatic rings. The summed E-state index contributed by atoms with van der Waals surface area (Å²) in [5.41, 5.74) is 2.11. The van der Waals surface area contributed by atoms with Gasteiger partial charge in [0.2, 0.25) is 0 Å². The Balaban J connectivity index is 1.67. The Labute approximate surface area is 147 Å². The minimum atomic E-state index is -0.520. The topological polar surface area (TPSA) is 107 Å². The van der Waals surface area contributed by atoms with Crippen molar-refractivity contribution in [3.63, 3.8) is 0 Å². The van der Waals surface area contributed by atoms with E-state index < -0.39 is 10.9 Å². The van der Waals surface area contributed by atoms with E-state index in [1.165, 1.54) is 28.8 Å². The van der Waals surface area contributed by atoms with Crippen LogP contribution in [0.15, 0.2) is 59.5 Å². The summed E-state index contributed by atoms with van der Waals surface area (Å²) in [6.45, 7) is 1.80. The molecule has 1 N–H and O–H groups in total. The Morgan fingerprint density at radius 1 is 1.15 bits per heavy atom. The molecule has 0 saturated heterocycles. The van der Waals surface area contributed by atoms with Crippen molar-refractivity contribution in [2.24, 2.45) is 0 Å². The van der Waals surface area contributed by atoms with E-state index in [4.69, 9.17) is 4.74 Å². The quantitative estimate of drug-likeness (QED) is 0.431. The van der Waals surface area contributed by atoms with Gasteiger partial charge >= 0.3 is 11.7 Å². The predicted molar refractivity (Wildman–Crippen MR) is 93.3 cm³/mol. The van der Waals surface area contributed by atoms with Crippen LogP contribution in [0, 0.1) is 17.0 Å². The highest BCUT2D eigenvalue weighted by Gasteiger charge is 2.10. The molecule has 0 radical (unpaired) electrons. The molecule has 1 aromatic heterocycles. The summed E-state index contributed by atoms with van der Waals surface area (Å²) in [5, 5.41) is 10.6. The number of benzene rings is 2. The van der Waals surface area contributed by atoms with Gasteiger partial charge in [0.15, 0.2) is 0 Å². The van der Waals surface area contributed by atoms with Gasteiger partial charge in [0, 0.05) is 24.0 Å². The number of nitro groups is 1. The third-order valence-corrected chi connectivity index (χ3v) is 3.84. The first-order chi connectivity index (χ1) is 12.5. The molecule has 0 aliphatic carbocycles. The molecule has 0 saturated carbocycles. The van der Waals surface area contributed by atoms with Crippen LogP contribution in [0.1, 0.15) is 21.6 Å². The van der Waals surface area contributed by atoms with E-state index in [2.05, 4.69) is 4.98 Å². The third-order valence-electron chi connectivity index (χ3n) is 3.84. The Bertz CT molecular complexity index is 1000. The first-order valence-electron chi connectivity index (χ1n) is 7.73. The zero-order valence-electron chi connectivity index (χ0n) is 13.8. The molecule has 8 nitrogen and oxygen atoms in total. The standard InChI is InChI=1S/C18H15N3O5/c1-12-10-19-18(23)20(12)15-8-4-14(5-9-15)17(22)26-11-13-2-6-16(7-3-13)21(24)25/h2-10H,11H2,1H3,(H,19,23). The highest BCUT2D eigenvalue weighted by Crippen LogP contribution is 2.14. The molecule has 3 rings (SSSR count). The normalized spacial score (nSPS) is 10.5. The molecule has 0 atom stereocenters. The number of carbonyl (C=O) groups excluding carboxylic acids is 1. The number of hydrogen-bond donors (Lipinski definition) is 1. The molecule has 26 heavy (non-hydrogen) atoms. The molecular weight excluding hydrogens is 338 g/mol. The Morgan fingerprint density at radius 2 is 1.81 bits per heavy atom. The van der Waals surface area contributed by atoms with E-state index in [0.717, 1.165) is 5.69 Å². The molecule has 1 heterocycles. The molecule has 0 aliphatic rings. The van der Waals surface area contributed by atoms with Crippen molar-refractivity contribution in [3.05, 3.63) is 92.1 Å². The number of ether oxygens (including phenoxy) is 1. The van der Waals surface area contributed by atoms with Gasteiger partial charge in [-0.05, 0) is 48.9 Å². The first kappa shape index (κ1) is 17.2. The second-order valence-electron chi connectivity index (χ2n) is 5.62. The largest absolute Gasteiger partial charge is 0.457 e. The lowest BCUT2D eigenvalue weighted by Crippen LogP contribution is -2.16. The van der Waals surface area contributed by atoms with Crippen LogP contribution in [-0.4, -0.2) is 20.4 Å². The van der Waals surface area contributed by atoms with Gasteiger partial charge in [-0.2, -0.15) is 0 Å². The number of imidazole rings is 1. The SMILES string of the molecule is Cc1c[nH]c(=O)n1-c1ccc(C(=O)OCc2ccc([N+](=O)[O-])cc2)cc1. The summed E-state index contributed by atoms with van der Waals surface area (Å²) in [6, 6.07) is 12.3. The number of nitro benzene ring substituents is 1. The van der Waals surface area contributed by atoms with Crippen molar-refractivity contribution in [2.45, 2.75) is 13.5 Å². The van der Waals surface area contributed by atoms with E-state index in [1.54, 1.807) is 37.4 Å². The maximum Gasteiger partial charge on any atom is 0.338 e. The number of carbonyl (C=O) groups is 1. The van der Waals surface area contributed by atoms with Crippen LogP contribution in [0.2, 0.25) is 0 Å². The highest BCUT2D eigenvalue weighted by atomic mass is 16.6. The van der Waals surface area contributed by atoms with Crippen molar-refractivity contribution < 1.29 is 14.5 Å². The van der Waals surface area contributed by atoms with Crippen LogP contribution in [-0.2, 0) is 11.3 Å². The minimum Gasteiger partial charge on any atom is -0.457 e. The van der Waals surface area contributed by atoms with Crippen molar-refractivity contribution in [1.29, 1.82) is 0 Å². The summed E-state index contributed by atoms with van der Waals surface area (Å²) < 4.78 is 6.70. The molecular formula is C18H15N3O5. The number of H-pyrrole nitrogens is 1. The predicted octanol–water partition coefficient (Wildman–Crippen LogP) is 2.74. The van der Waals surface area contributed by atoms with Gasteiger partial charge in [-0.1, -0.05) is 0 Å². The van der Waals surface area contributed by atoms with Crippen LogP contribution in [0.4, 0.5) is 5.69 Å². The Kier molecular flexibility index (Phi) is 4.66. The Hall–Kier alpha value is -3.68. The summed E-state index contributed by atoms with van der Waals surface area (Å²) in [5.74, 6) is -0.520. The van der Waals surface area contributed by atoms with Gasteiger partial charge < -0.3 is 9.72 Å². The van der Waals surface area contributed by atoms with Gasteiger partial charge in [0.1, 0.15) is 6.61 Å². The molecule has 132 valence electrons. The summed E-state index contributed by atoms with van der Waals surface area (Å²) in [4.78, 5) is 36.6. The molecule has 2 aromatic carbocycles. The fourth-order valence-electron chi connectivity index (χ4n) is 2.47. The summed E-state index contributed by atoms with van der Waals surface area (Å²) in [7, 11) is 0. The van der Waals surface area contributed by atoms with E-state index >= 15 is 0 Å². The number of non-ortho nitro benzene ring substituents is 1. The van der Waals surface area contributed by atoms with Crippen LogP contribution < -0.4 is 5.69 Å². The van der Waals surface area contributed by atoms with Gasteiger partial charge in [-0.15, -0.1) is 0 Å². The second-order valence-corrected chi connectivity index (χ2v) is 5.62. The molecule has 0 aliphatic heterocycles. The number of esters is 1. The van der Waals surface area contributed by atoms with E-state index in [9.17, 15) is 19.7 Å². The zero-order chi connectivity index (χ0) is 18.7. The van der Waals surface area contributed by atoms with Crippen LogP contribution in [0.5, 0.6) is 0 Å². The van der Waals surface area contributed by atoms with Crippen molar-refractivity contribution in [3.8, 4) is 5.69 Å². The molecule has 8 heteroatoms. The van der Waals surface area contributed by atoms with Crippen LogP contribution in [0.25, 0.3) is 5.69 Å². The number of nitrogens with zero attached hydrogens (tertiary/aromatic N) is 2. The molecule has 0 fully saturated rings. The smallest absolute Gasteiger partial charge is 0.338 e. The van der Waals surface area contributed by atoms with Gasteiger partial charge in [-0.3, -0.25) is 14.7 Å². The number of hydrogen-bond acceptors (Lipinski definition) is 5. The average Bonchev–Trinajstić information content (AvgIpc) is 2.98. The monoisotopic (exact) mass is 353 g/mol. The van der Waals surface area contributed by atoms with Gasteiger partial charge in [0.25, 0.3) is 5.69 Å². The number of aryl methyl sites for hydroxylation is 1. The molecule has 0 bridgehead atoms. The second kappa shape index (κ2) is 7.06. The first-order valence-corrected chi connectivity index (χ1v) is 7.73. The number of aromatic nitrogens is 2.